The van der Waals surface area contributed by atoms with Crippen LogP contribution >= 0.6 is 11.8 Å². The predicted molar refractivity (Wildman–Crippen MR) is 71.5 cm³/mol. The molecule has 2 aromatic heterocycles. The monoisotopic (exact) mass is 258 g/mol. The van der Waals surface area contributed by atoms with E-state index in [0.717, 1.165) is 21.4 Å². The summed E-state index contributed by atoms with van der Waals surface area (Å²) in [4.78, 5) is 13.3. The number of aromatic nitrogens is 3. The molecule has 0 unspecified atom stereocenters. The lowest BCUT2D eigenvalue weighted by Crippen LogP contribution is -2.03. The summed E-state index contributed by atoms with van der Waals surface area (Å²) >= 11 is 1.55. The van der Waals surface area contributed by atoms with Crippen molar-refractivity contribution in [3.05, 3.63) is 35.8 Å². The van der Waals surface area contributed by atoms with Crippen LogP contribution in [0.4, 0.5) is 5.82 Å². The molecule has 1 saturated carbocycles. The number of nitrogen functional groups attached to an aromatic ring is 1. The molecule has 0 radical (unpaired) electrons. The molecule has 4 nitrogen and oxygen atoms in total. The Kier molecular flexibility index (Phi) is 2.91. The van der Waals surface area contributed by atoms with Gasteiger partial charge in [-0.3, -0.25) is 0 Å². The van der Waals surface area contributed by atoms with Gasteiger partial charge in [-0.05, 0) is 43.7 Å². The van der Waals surface area contributed by atoms with Crippen LogP contribution in [0.2, 0.25) is 0 Å². The van der Waals surface area contributed by atoms with E-state index >= 15 is 0 Å². The molecule has 0 amide bonds. The van der Waals surface area contributed by atoms with Crippen molar-refractivity contribution in [2.45, 2.75) is 35.7 Å². The number of anilines is 1. The summed E-state index contributed by atoms with van der Waals surface area (Å²) in [5, 5.41) is 1.85. The topological polar surface area (TPSA) is 64.7 Å². The third-order valence-corrected chi connectivity index (χ3v) is 3.98. The maximum Gasteiger partial charge on any atom is 0.135 e. The van der Waals surface area contributed by atoms with Crippen LogP contribution in [0.5, 0.6) is 0 Å². The van der Waals surface area contributed by atoms with Gasteiger partial charge in [-0.25, -0.2) is 15.0 Å². The minimum atomic E-state index is 0.510. The smallest absolute Gasteiger partial charge is 0.135 e. The van der Waals surface area contributed by atoms with E-state index in [1.165, 1.54) is 12.8 Å². The zero-order valence-corrected chi connectivity index (χ0v) is 10.9. The van der Waals surface area contributed by atoms with Crippen LogP contribution < -0.4 is 5.73 Å². The summed E-state index contributed by atoms with van der Waals surface area (Å²) in [6.07, 6.45) is 4.14. The van der Waals surface area contributed by atoms with E-state index in [2.05, 4.69) is 15.0 Å². The average Bonchev–Trinajstić information content (AvgIpc) is 3.20. The van der Waals surface area contributed by atoms with Gasteiger partial charge in [0.05, 0.1) is 0 Å². The Morgan fingerprint density at radius 3 is 2.78 bits per heavy atom. The van der Waals surface area contributed by atoms with Crippen LogP contribution in [0.25, 0.3) is 0 Å². The Morgan fingerprint density at radius 2 is 2.11 bits per heavy atom. The minimum absolute atomic E-state index is 0.510. The number of pyridine rings is 1. The second-order valence-electron chi connectivity index (χ2n) is 4.44. The van der Waals surface area contributed by atoms with Crippen molar-refractivity contribution in [3.63, 3.8) is 0 Å². The molecule has 1 aliphatic carbocycles. The number of hydrogen-bond acceptors (Lipinski definition) is 5. The highest BCUT2D eigenvalue weighted by Gasteiger charge is 2.28. The Labute approximate surface area is 110 Å². The van der Waals surface area contributed by atoms with Gasteiger partial charge in [0.2, 0.25) is 0 Å². The molecule has 0 spiro atoms. The van der Waals surface area contributed by atoms with Crippen molar-refractivity contribution in [2.24, 2.45) is 0 Å². The van der Waals surface area contributed by atoms with E-state index in [1.54, 1.807) is 18.0 Å². The van der Waals surface area contributed by atoms with Gasteiger partial charge < -0.3 is 5.73 Å². The largest absolute Gasteiger partial charge is 0.383 e. The van der Waals surface area contributed by atoms with Gasteiger partial charge >= 0.3 is 0 Å². The second kappa shape index (κ2) is 4.57. The van der Waals surface area contributed by atoms with Gasteiger partial charge in [0.15, 0.2) is 0 Å². The third kappa shape index (κ3) is 2.31. The number of nitrogens with two attached hydrogens (primary N) is 1. The first-order valence-corrected chi connectivity index (χ1v) is 6.78. The molecule has 2 aromatic rings. The summed E-state index contributed by atoms with van der Waals surface area (Å²) in [5.41, 5.74) is 6.90. The predicted octanol–water partition coefficient (Wildman–Crippen LogP) is 2.79. The Balaban J connectivity index is 1.95. The lowest BCUT2D eigenvalue weighted by Gasteiger charge is -2.08. The molecule has 2 N–H and O–H groups in total. The fourth-order valence-electron chi connectivity index (χ4n) is 1.66. The summed E-state index contributed by atoms with van der Waals surface area (Å²) in [7, 11) is 0. The van der Waals surface area contributed by atoms with Crippen LogP contribution in [0.15, 0.2) is 34.4 Å². The normalized spacial score (nSPS) is 14.7. The van der Waals surface area contributed by atoms with Gasteiger partial charge in [0.25, 0.3) is 0 Å². The Bertz CT molecular complexity index is 567. The van der Waals surface area contributed by atoms with Crippen molar-refractivity contribution in [1.82, 2.24) is 15.0 Å². The molecular formula is C13H14N4S. The fourth-order valence-corrected chi connectivity index (χ4v) is 2.51. The first kappa shape index (κ1) is 11.5. The zero-order valence-electron chi connectivity index (χ0n) is 10.1. The van der Waals surface area contributed by atoms with Crippen molar-refractivity contribution >= 4 is 17.6 Å². The van der Waals surface area contributed by atoms with E-state index in [1.807, 2.05) is 25.1 Å². The molecule has 0 aromatic carbocycles. The van der Waals surface area contributed by atoms with E-state index < -0.39 is 0 Å². The molecule has 0 atom stereocenters. The van der Waals surface area contributed by atoms with E-state index in [0.29, 0.717) is 11.7 Å². The van der Waals surface area contributed by atoms with Crippen LogP contribution in [-0.4, -0.2) is 15.0 Å². The molecule has 0 saturated heterocycles. The number of rotatable bonds is 3. The quantitative estimate of drug-likeness (QED) is 0.858. The Hall–Kier alpha value is -1.62. The molecule has 18 heavy (non-hydrogen) atoms. The molecular weight excluding hydrogens is 244 g/mol. The van der Waals surface area contributed by atoms with E-state index in [-0.39, 0.29) is 0 Å². The van der Waals surface area contributed by atoms with E-state index in [4.69, 9.17) is 5.73 Å². The summed E-state index contributed by atoms with van der Waals surface area (Å²) < 4.78 is 0. The van der Waals surface area contributed by atoms with Crippen LogP contribution in [0, 0.1) is 6.92 Å². The molecule has 2 heterocycles. The summed E-state index contributed by atoms with van der Waals surface area (Å²) in [5.74, 6) is 1.98. The van der Waals surface area contributed by atoms with Gasteiger partial charge in [-0.2, -0.15) is 0 Å². The third-order valence-electron chi connectivity index (χ3n) is 2.94. The van der Waals surface area contributed by atoms with Crippen LogP contribution in [0.1, 0.15) is 30.1 Å². The van der Waals surface area contributed by atoms with Crippen LogP contribution in [0.3, 0.4) is 0 Å². The van der Waals surface area contributed by atoms with Gasteiger partial charge in [0.1, 0.15) is 21.7 Å². The first-order chi connectivity index (χ1) is 8.74. The maximum atomic E-state index is 5.96. The SMILES string of the molecule is Cc1c(N)nc(C2CC2)nc1Sc1ccccn1. The molecule has 92 valence electrons. The van der Waals surface area contributed by atoms with Crippen LogP contribution in [-0.2, 0) is 0 Å². The maximum absolute atomic E-state index is 5.96. The molecule has 5 heteroatoms. The Morgan fingerprint density at radius 1 is 1.28 bits per heavy atom. The highest BCUT2D eigenvalue weighted by molar-refractivity contribution is 7.99. The summed E-state index contributed by atoms with van der Waals surface area (Å²) in [6, 6.07) is 5.84. The molecule has 3 rings (SSSR count). The van der Waals surface area contributed by atoms with Crippen molar-refractivity contribution in [1.29, 1.82) is 0 Å². The number of hydrogen-bond donors (Lipinski definition) is 1. The molecule has 1 fully saturated rings. The standard InChI is InChI=1S/C13H14N4S/c1-8-11(14)16-12(9-5-6-9)17-13(8)18-10-4-2-3-7-15-10/h2-4,7,9H,5-6H2,1H3,(H2,14,16,17). The highest BCUT2D eigenvalue weighted by atomic mass is 32.2. The van der Waals surface area contributed by atoms with Gasteiger partial charge in [0, 0.05) is 17.7 Å². The lowest BCUT2D eigenvalue weighted by molar-refractivity contribution is 0.867. The zero-order chi connectivity index (χ0) is 12.5. The lowest BCUT2D eigenvalue weighted by atomic mass is 10.3. The average molecular weight is 258 g/mol. The van der Waals surface area contributed by atoms with Gasteiger partial charge in [-0.15, -0.1) is 0 Å². The first-order valence-electron chi connectivity index (χ1n) is 5.97. The van der Waals surface area contributed by atoms with Crippen molar-refractivity contribution in [3.8, 4) is 0 Å². The minimum Gasteiger partial charge on any atom is -0.383 e. The number of nitrogens with zero attached hydrogens (tertiary/aromatic N) is 3. The van der Waals surface area contributed by atoms with Crippen molar-refractivity contribution in [2.75, 3.05) is 5.73 Å². The van der Waals surface area contributed by atoms with E-state index in [9.17, 15) is 0 Å². The highest BCUT2D eigenvalue weighted by Crippen LogP contribution is 2.40. The fraction of sp³-hybridized carbons (Fsp3) is 0.308. The summed E-state index contributed by atoms with van der Waals surface area (Å²) in [6.45, 7) is 1.96. The molecule has 0 aliphatic heterocycles. The van der Waals surface area contributed by atoms with Gasteiger partial charge in [-0.1, -0.05) is 6.07 Å². The second-order valence-corrected chi connectivity index (χ2v) is 5.45. The molecule has 0 bridgehead atoms. The van der Waals surface area contributed by atoms with Crippen molar-refractivity contribution < 1.29 is 0 Å². The molecule has 1 aliphatic rings.